The fourth-order valence-electron chi connectivity index (χ4n) is 3.66. The molecule has 1 N–H and O–H groups in total. The van der Waals surface area contributed by atoms with Crippen molar-refractivity contribution in [3.05, 3.63) is 27.3 Å². The highest BCUT2D eigenvalue weighted by molar-refractivity contribution is 7.16. The molecule has 0 saturated carbocycles. The zero-order chi connectivity index (χ0) is 24.8. The molecule has 0 radical (unpaired) electrons. The van der Waals surface area contributed by atoms with E-state index in [1.54, 1.807) is 0 Å². The summed E-state index contributed by atoms with van der Waals surface area (Å²) >= 11 is 1.51. The van der Waals surface area contributed by atoms with Crippen LogP contribution in [0.3, 0.4) is 0 Å². The number of anilines is 1. The van der Waals surface area contributed by atoms with Crippen LogP contribution in [0.2, 0.25) is 0 Å². The molecule has 0 fully saturated rings. The number of nitrogens with one attached hydrogen (secondary N) is 1. The molecule has 182 valence electrons. The van der Waals surface area contributed by atoms with E-state index < -0.39 is 35.7 Å². The molecule has 0 atom stereocenters. The van der Waals surface area contributed by atoms with Crippen LogP contribution in [0.15, 0.2) is 0 Å². The largest absolute Gasteiger partial charge is 0.477 e. The Balaban J connectivity index is 0.000000714. The second kappa shape index (κ2) is 11.4. The number of halogens is 3. The zero-order valence-electron chi connectivity index (χ0n) is 19.1. The van der Waals surface area contributed by atoms with Crippen LogP contribution in [0, 0.1) is 6.92 Å². The summed E-state index contributed by atoms with van der Waals surface area (Å²) in [5.41, 5.74) is 0.381. The van der Waals surface area contributed by atoms with E-state index in [-0.39, 0.29) is 18.9 Å². The van der Waals surface area contributed by atoms with Crippen molar-refractivity contribution < 1.29 is 32.3 Å². The Hall–Kier alpha value is -2.69. The molecule has 11 heteroatoms. The summed E-state index contributed by atoms with van der Waals surface area (Å²) in [7, 11) is 0. The molecule has 0 bridgehead atoms. The van der Waals surface area contributed by atoms with Crippen LogP contribution in [0.4, 0.5) is 18.2 Å². The van der Waals surface area contributed by atoms with Crippen molar-refractivity contribution in [2.24, 2.45) is 0 Å². The van der Waals surface area contributed by atoms with E-state index in [1.807, 2.05) is 20.8 Å². The van der Waals surface area contributed by atoms with Crippen molar-refractivity contribution in [1.82, 2.24) is 9.78 Å². The third kappa shape index (κ3) is 6.01. The number of hydrogen-bond acceptors (Lipinski definition) is 6. The first-order chi connectivity index (χ1) is 15.7. The fraction of sp³-hybridized carbons (Fsp3) is 0.545. The summed E-state index contributed by atoms with van der Waals surface area (Å²) in [6, 6.07) is 0. The van der Waals surface area contributed by atoms with Gasteiger partial charge in [0.1, 0.15) is 18.4 Å². The van der Waals surface area contributed by atoms with Gasteiger partial charge in [0.2, 0.25) is 11.8 Å². The number of alkyl halides is 3. The van der Waals surface area contributed by atoms with Gasteiger partial charge in [0, 0.05) is 11.3 Å². The van der Waals surface area contributed by atoms with Crippen molar-refractivity contribution in [3.63, 3.8) is 0 Å². The number of aryl methyl sites for hydroxylation is 1. The van der Waals surface area contributed by atoms with Crippen LogP contribution in [0.25, 0.3) is 0 Å². The molecule has 0 unspecified atom stereocenters. The van der Waals surface area contributed by atoms with E-state index >= 15 is 0 Å². The summed E-state index contributed by atoms with van der Waals surface area (Å²) in [4.78, 5) is 34.5. The number of carbonyl (C=O) groups is 3. The van der Waals surface area contributed by atoms with Gasteiger partial charge >= 0.3 is 6.18 Å². The summed E-state index contributed by atoms with van der Waals surface area (Å²) < 4.78 is 45.8. The van der Waals surface area contributed by atoms with Gasteiger partial charge in [-0.05, 0) is 50.7 Å². The van der Waals surface area contributed by atoms with E-state index in [0.29, 0.717) is 5.00 Å². The minimum atomic E-state index is -4.80. The second-order valence-corrected chi connectivity index (χ2v) is 8.26. The van der Waals surface area contributed by atoms with Crippen LogP contribution in [0.1, 0.15) is 72.1 Å². The van der Waals surface area contributed by atoms with Crippen LogP contribution in [-0.2, 0) is 35.2 Å². The van der Waals surface area contributed by atoms with E-state index in [4.69, 9.17) is 9.53 Å². The number of aldehydes is 1. The topological polar surface area (TPSA) is 90.3 Å². The van der Waals surface area contributed by atoms with Crippen LogP contribution >= 0.6 is 11.3 Å². The number of ketones is 1. The highest BCUT2D eigenvalue weighted by Crippen LogP contribution is 2.39. The van der Waals surface area contributed by atoms with Crippen molar-refractivity contribution in [3.8, 4) is 5.88 Å². The van der Waals surface area contributed by atoms with E-state index in [0.717, 1.165) is 42.2 Å². The molecule has 2 aromatic heterocycles. The molecule has 3 heterocycles. The molecule has 0 spiro atoms. The Labute approximate surface area is 194 Å². The number of rotatable bonds is 3. The predicted octanol–water partition coefficient (Wildman–Crippen LogP) is 4.99. The lowest BCUT2D eigenvalue weighted by Crippen LogP contribution is -2.22. The van der Waals surface area contributed by atoms with Gasteiger partial charge in [0.05, 0.1) is 11.6 Å². The Morgan fingerprint density at radius 2 is 1.88 bits per heavy atom. The lowest BCUT2D eigenvalue weighted by molar-refractivity contribution is -0.142. The average molecular weight is 488 g/mol. The van der Waals surface area contributed by atoms with Crippen LogP contribution < -0.4 is 10.1 Å². The fourth-order valence-corrected chi connectivity index (χ4v) is 4.97. The third-order valence-electron chi connectivity index (χ3n) is 5.00. The van der Waals surface area contributed by atoms with Gasteiger partial charge in [0.25, 0.3) is 0 Å². The maximum atomic E-state index is 13.2. The Morgan fingerprint density at radius 3 is 2.48 bits per heavy atom. The minimum absolute atomic E-state index is 0.0345. The molecule has 2 aliphatic rings. The SMILES string of the molecule is CC.CC=O.Cc1c(NC(=O)Cn2nc(C(F)(F)F)c3c2OCCC3=O)sc2c1CCCC2. The van der Waals surface area contributed by atoms with Crippen molar-refractivity contribution in [2.75, 3.05) is 11.9 Å². The smallest absolute Gasteiger partial charge is 0.436 e. The Bertz CT molecular complexity index is 1010. The minimum Gasteiger partial charge on any atom is -0.477 e. The molecule has 1 amide bonds. The molecule has 2 aromatic rings. The first kappa shape index (κ1) is 26.6. The first-order valence-corrected chi connectivity index (χ1v) is 11.6. The van der Waals surface area contributed by atoms with E-state index in [1.165, 1.54) is 28.7 Å². The normalized spacial score (nSPS) is 14.5. The number of hydrogen-bond donors (Lipinski definition) is 1. The lowest BCUT2D eigenvalue weighted by Gasteiger charge is -2.15. The molecule has 1 aliphatic heterocycles. The predicted molar refractivity (Wildman–Crippen MR) is 119 cm³/mol. The van der Waals surface area contributed by atoms with Gasteiger partial charge in [-0.25, -0.2) is 4.68 Å². The molecule has 0 aromatic carbocycles. The van der Waals surface area contributed by atoms with E-state index in [9.17, 15) is 22.8 Å². The molecular weight excluding hydrogens is 459 g/mol. The number of Topliss-reactive ketones (excluding diaryl/α,β-unsaturated/α-hetero) is 1. The number of fused-ring (bicyclic) bond motifs is 2. The zero-order valence-corrected chi connectivity index (χ0v) is 19.9. The molecule has 0 saturated heterocycles. The summed E-state index contributed by atoms with van der Waals surface area (Å²) in [6.45, 7) is 6.89. The summed E-state index contributed by atoms with van der Waals surface area (Å²) in [5, 5.41) is 6.96. The van der Waals surface area contributed by atoms with Gasteiger partial charge < -0.3 is 14.8 Å². The highest BCUT2D eigenvalue weighted by atomic mass is 32.1. The number of nitrogens with zero attached hydrogens (tertiary/aromatic N) is 2. The Morgan fingerprint density at radius 1 is 1.24 bits per heavy atom. The number of aromatic nitrogens is 2. The molecule has 7 nitrogen and oxygen atoms in total. The van der Waals surface area contributed by atoms with Crippen molar-refractivity contribution >= 4 is 34.3 Å². The molecule has 1 aliphatic carbocycles. The van der Waals surface area contributed by atoms with Crippen LogP contribution in [0.5, 0.6) is 5.88 Å². The molecular formula is C22H28F3N3O4S. The molecule has 33 heavy (non-hydrogen) atoms. The number of carbonyl (C=O) groups excluding carboxylic acids is 3. The van der Waals surface area contributed by atoms with Gasteiger partial charge in [-0.2, -0.15) is 18.3 Å². The maximum Gasteiger partial charge on any atom is 0.436 e. The first-order valence-electron chi connectivity index (χ1n) is 10.8. The highest BCUT2D eigenvalue weighted by Gasteiger charge is 2.43. The van der Waals surface area contributed by atoms with Crippen molar-refractivity contribution in [2.45, 2.75) is 72.5 Å². The van der Waals surface area contributed by atoms with Crippen molar-refractivity contribution in [1.29, 1.82) is 0 Å². The maximum absolute atomic E-state index is 13.2. The van der Waals surface area contributed by atoms with Crippen LogP contribution in [-0.4, -0.2) is 34.4 Å². The standard InChI is InChI=1S/C18H18F3N3O3S.C2H4O.C2H6/c1-9-10-4-2-3-5-12(10)28-16(9)22-13(26)8-24-17-14(11(25)6-7-27-17)15(23-24)18(19,20)21;1-2-3;1-2/h2-8H2,1H3,(H,22,26);2H,1H3;1-2H3. The average Bonchev–Trinajstić information content (AvgIpc) is 3.29. The Kier molecular flexibility index (Phi) is 9.21. The van der Waals surface area contributed by atoms with E-state index in [2.05, 4.69) is 10.4 Å². The summed E-state index contributed by atoms with van der Waals surface area (Å²) in [6.07, 6.45) is -0.00678. The molecule has 4 rings (SSSR count). The number of amides is 1. The monoisotopic (exact) mass is 487 g/mol. The van der Waals surface area contributed by atoms with Gasteiger partial charge in [-0.15, -0.1) is 11.3 Å². The quantitative estimate of drug-likeness (QED) is 0.617. The van der Waals surface area contributed by atoms with Gasteiger partial charge in [0.15, 0.2) is 11.5 Å². The van der Waals surface area contributed by atoms with Gasteiger partial charge in [-0.3, -0.25) is 9.59 Å². The number of thiophene rings is 1. The number of ether oxygens (including phenoxy) is 1. The summed E-state index contributed by atoms with van der Waals surface area (Å²) in [5.74, 6) is -1.48. The lowest BCUT2D eigenvalue weighted by atomic mass is 9.96. The third-order valence-corrected chi connectivity index (χ3v) is 6.31. The van der Waals surface area contributed by atoms with Gasteiger partial charge in [-0.1, -0.05) is 13.8 Å². The second-order valence-electron chi connectivity index (χ2n) is 7.15.